The van der Waals surface area contributed by atoms with E-state index in [1.165, 1.54) is 16.3 Å². The van der Waals surface area contributed by atoms with Gasteiger partial charge in [-0.1, -0.05) is 17.8 Å². The summed E-state index contributed by atoms with van der Waals surface area (Å²) in [5.74, 6) is 1.40. The number of hydrogen-bond acceptors (Lipinski definition) is 7. The average molecular weight is 462 g/mol. The number of nitrogens with one attached hydrogen (secondary N) is 1. The molecule has 3 heterocycles. The van der Waals surface area contributed by atoms with Crippen LogP contribution >= 0.6 is 11.8 Å². The van der Waals surface area contributed by atoms with Gasteiger partial charge in [-0.2, -0.15) is 0 Å². The first-order valence-electron chi connectivity index (χ1n) is 10.0. The normalized spacial score (nSPS) is 11.2. The minimum atomic E-state index is -0.319. The number of carbonyl (C=O) groups excluding carboxylic acids is 1. The summed E-state index contributed by atoms with van der Waals surface area (Å²) < 4.78 is 13.6. The van der Waals surface area contributed by atoms with Gasteiger partial charge in [-0.05, 0) is 30.3 Å². The van der Waals surface area contributed by atoms with Gasteiger partial charge in [0.05, 0.1) is 25.7 Å². The molecule has 5 aromatic rings. The minimum Gasteiger partial charge on any atom is -0.497 e. The smallest absolute Gasteiger partial charge is 0.300 e. The first-order chi connectivity index (χ1) is 16.1. The van der Waals surface area contributed by atoms with E-state index in [0.717, 1.165) is 10.9 Å². The van der Waals surface area contributed by atoms with Gasteiger partial charge in [0.15, 0.2) is 10.9 Å². The van der Waals surface area contributed by atoms with E-state index in [2.05, 4.69) is 15.2 Å². The monoisotopic (exact) mass is 461 g/mol. The van der Waals surface area contributed by atoms with Crippen molar-refractivity contribution in [1.82, 2.24) is 24.1 Å². The van der Waals surface area contributed by atoms with Gasteiger partial charge in [0.1, 0.15) is 11.5 Å². The molecule has 0 unspecified atom stereocenters. The fourth-order valence-electron chi connectivity index (χ4n) is 3.59. The number of carbonyl (C=O) groups is 1. The second-order valence-electron chi connectivity index (χ2n) is 7.18. The van der Waals surface area contributed by atoms with Crippen LogP contribution in [0.2, 0.25) is 0 Å². The van der Waals surface area contributed by atoms with Crippen molar-refractivity contribution >= 4 is 34.1 Å². The molecule has 9 nitrogen and oxygen atoms in total. The molecule has 0 spiro atoms. The number of aromatic nitrogens is 5. The molecular formula is C23H19N5O4S. The zero-order chi connectivity index (χ0) is 22.9. The summed E-state index contributed by atoms with van der Waals surface area (Å²) >= 11 is 1.22. The molecule has 2 aromatic carbocycles. The highest BCUT2D eigenvalue weighted by Gasteiger charge is 2.17. The summed E-state index contributed by atoms with van der Waals surface area (Å²) in [6.07, 6.45) is 5.05. The Balaban J connectivity index is 1.41. The Hall–Kier alpha value is -4.05. The maximum absolute atomic E-state index is 13.0. The quantitative estimate of drug-likeness (QED) is 0.293. The van der Waals surface area contributed by atoms with E-state index in [9.17, 15) is 9.59 Å². The Kier molecular flexibility index (Phi) is 5.35. The van der Waals surface area contributed by atoms with E-state index in [4.69, 9.17) is 9.47 Å². The zero-order valence-electron chi connectivity index (χ0n) is 17.8. The van der Waals surface area contributed by atoms with E-state index >= 15 is 0 Å². The Bertz CT molecular complexity index is 1550. The topological polar surface area (TPSA) is 104 Å². The zero-order valence-corrected chi connectivity index (χ0v) is 18.6. The first kappa shape index (κ1) is 20.8. The Morgan fingerprint density at radius 3 is 2.70 bits per heavy atom. The molecule has 0 saturated heterocycles. The first-order valence-corrected chi connectivity index (χ1v) is 11.0. The maximum atomic E-state index is 13.0. The lowest BCUT2D eigenvalue weighted by molar-refractivity contribution is 0.102. The molecule has 0 amide bonds. The summed E-state index contributed by atoms with van der Waals surface area (Å²) in [7, 11) is 3.16. The Morgan fingerprint density at radius 1 is 1.06 bits per heavy atom. The fourth-order valence-corrected chi connectivity index (χ4v) is 4.39. The molecule has 0 aliphatic heterocycles. The van der Waals surface area contributed by atoms with E-state index in [0.29, 0.717) is 27.9 Å². The van der Waals surface area contributed by atoms with Crippen molar-refractivity contribution in [2.45, 2.75) is 5.16 Å². The van der Waals surface area contributed by atoms with Crippen molar-refractivity contribution in [2.24, 2.45) is 0 Å². The molecule has 3 aromatic heterocycles. The van der Waals surface area contributed by atoms with E-state index in [1.54, 1.807) is 55.4 Å². The van der Waals surface area contributed by atoms with Gasteiger partial charge in [0.25, 0.3) is 0 Å². The highest BCUT2D eigenvalue weighted by Crippen LogP contribution is 2.26. The van der Waals surface area contributed by atoms with Crippen LogP contribution in [0.1, 0.15) is 10.4 Å². The predicted molar refractivity (Wildman–Crippen MR) is 125 cm³/mol. The van der Waals surface area contributed by atoms with Crippen molar-refractivity contribution in [1.29, 1.82) is 0 Å². The molecule has 5 rings (SSSR count). The molecule has 0 fully saturated rings. The van der Waals surface area contributed by atoms with Crippen LogP contribution in [-0.2, 0) is 0 Å². The van der Waals surface area contributed by atoms with Crippen molar-refractivity contribution in [3.63, 3.8) is 0 Å². The summed E-state index contributed by atoms with van der Waals surface area (Å²) in [6.45, 7) is 0. The largest absolute Gasteiger partial charge is 0.497 e. The van der Waals surface area contributed by atoms with Gasteiger partial charge in [0, 0.05) is 41.1 Å². The van der Waals surface area contributed by atoms with E-state index in [1.807, 2.05) is 24.3 Å². The molecule has 0 bridgehead atoms. The SMILES string of the molecule is COc1cccc(-n2ccn3c(SCC(=O)c4c[nH]c5ccc(OC)cc45)nnc3c2=O)c1. The number of fused-ring (bicyclic) bond motifs is 2. The number of Topliss-reactive ketones (excluding diaryl/α,β-unsaturated/α-hetero) is 1. The van der Waals surface area contributed by atoms with Crippen LogP contribution < -0.4 is 15.0 Å². The summed E-state index contributed by atoms with van der Waals surface area (Å²) in [6, 6.07) is 12.7. The maximum Gasteiger partial charge on any atom is 0.300 e. The number of aromatic amines is 1. The molecule has 0 atom stereocenters. The predicted octanol–water partition coefficient (Wildman–Crippen LogP) is 3.35. The van der Waals surface area contributed by atoms with Gasteiger partial charge >= 0.3 is 5.56 Å². The number of thioether (sulfide) groups is 1. The number of methoxy groups -OCH3 is 2. The highest BCUT2D eigenvalue weighted by atomic mass is 32.2. The second-order valence-corrected chi connectivity index (χ2v) is 8.12. The Morgan fingerprint density at radius 2 is 1.88 bits per heavy atom. The molecule has 0 aliphatic rings. The molecule has 166 valence electrons. The van der Waals surface area contributed by atoms with Crippen molar-refractivity contribution < 1.29 is 14.3 Å². The van der Waals surface area contributed by atoms with Crippen LogP contribution in [0.3, 0.4) is 0 Å². The summed E-state index contributed by atoms with van der Waals surface area (Å²) in [5.41, 5.74) is 1.94. The van der Waals surface area contributed by atoms with Crippen LogP contribution in [0.15, 0.2) is 71.0 Å². The van der Waals surface area contributed by atoms with Crippen molar-refractivity contribution in [3.8, 4) is 17.2 Å². The fraction of sp³-hybridized carbons (Fsp3) is 0.130. The van der Waals surface area contributed by atoms with Gasteiger partial charge < -0.3 is 14.5 Å². The van der Waals surface area contributed by atoms with Gasteiger partial charge in [-0.3, -0.25) is 18.6 Å². The van der Waals surface area contributed by atoms with Gasteiger partial charge in [0.2, 0.25) is 5.65 Å². The summed E-state index contributed by atoms with van der Waals surface area (Å²) in [4.78, 5) is 29.0. The third-order valence-electron chi connectivity index (χ3n) is 5.29. The van der Waals surface area contributed by atoms with Crippen LogP contribution in [0.4, 0.5) is 0 Å². The van der Waals surface area contributed by atoms with Crippen molar-refractivity contribution in [3.05, 3.63) is 77.0 Å². The summed E-state index contributed by atoms with van der Waals surface area (Å²) in [5, 5.41) is 9.44. The molecular weight excluding hydrogens is 442 g/mol. The lowest BCUT2D eigenvalue weighted by Gasteiger charge is -2.08. The molecule has 10 heteroatoms. The van der Waals surface area contributed by atoms with Crippen molar-refractivity contribution in [2.75, 3.05) is 20.0 Å². The number of rotatable bonds is 7. The number of H-pyrrole nitrogens is 1. The third-order valence-corrected chi connectivity index (χ3v) is 6.24. The molecule has 33 heavy (non-hydrogen) atoms. The third kappa shape index (κ3) is 3.74. The Labute approximate surface area is 192 Å². The van der Waals surface area contributed by atoms with Gasteiger partial charge in [-0.25, -0.2) is 0 Å². The van der Waals surface area contributed by atoms with E-state index in [-0.39, 0.29) is 22.7 Å². The van der Waals surface area contributed by atoms with Crippen LogP contribution in [-0.4, -0.2) is 49.9 Å². The van der Waals surface area contributed by atoms with Crippen LogP contribution in [0, 0.1) is 0 Å². The van der Waals surface area contributed by atoms with E-state index < -0.39 is 0 Å². The molecule has 0 radical (unpaired) electrons. The number of nitrogens with zero attached hydrogens (tertiary/aromatic N) is 4. The highest BCUT2D eigenvalue weighted by molar-refractivity contribution is 7.99. The van der Waals surface area contributed by atoms with Gasteiger partial charge in [-0.15, -0.1) is 10.2 Å². The molecule has 1 N–H and O–H groups in total. The number of benzene rings is 2. The standard InChI is InChI=1S/C23H19N5O4S/c1-31-15-5-3-4-14(10-15)27-8-9-28-21(22(27)30)25-26-23(28)33-13-20(29)18-12-24-19-7-6-16(32-2)11-17(18)19/h3-12,24H,13H2,1-2H3. The second kappa shape index (κ2) is 8.47. The van der Waals surface area contributed by atoms with Crippen LogP contribution in [0.5, 0.6) is 11.5 Å². The number of hydrogen-bond donors (Lipinski definition) is 1. The number of ether oxygens (including phenoxy) is 2. The molecule has 0 aliphatic carbocycles. The minimum absolute atomic E-state index is 0.0685. The average Bonchev–Trinajstić information content (AvgIpc) is 3.47. The van der Waals surface area contributed by atoms with Crippen LogP contribution in [0.25, 0.3) is 22.2 Å². The number of ketones is 1. The lowest BCUT2D eigenvalue weighted by Crippen LogP contribution is -2.20. The lowest BCUT2D eigenvalue weighted by atomic mass is 10.1. The molecule has 0 saturated carbocycles.